The number of hydrogen-bond acceptors (Lipinski definition) is 7. The summed E-state index contributed by atoms with van der Waals surface area (Å²) in [7, 11) is 0. The van der Waals surface area contributed by atoms with Crippen LogP contribution in [-0.4, -0.2) is 77.7 Å². The summed E-state index contributed by atoms with van der Waals surface area (Å²) in [5.74, 6) is 1.61. The van der Waals surface area contributed by atoms with E-state index in [4.69, 9.17) is 4.52 Å². The molecule has 4 rings (SSSR count). The molecule has 1 atom stereocenters. The Labute approximate surface area is 148 Å². The van der Waals surface area contributed by atoms with Crippen LogP contribution in [0.3, 0.4) is 0 Å². The predicted molar refractivity (Wildman–Crippen MR) is 91.8 cm³/mol. The summed E-state index contributed by atoms with van der Waals surface area (Å²) in [6.45, 7) is 8.93. The summed E-state index contributed by atoms with van der Waals surface area (Å²) in [6, 6.07) is 0.00417. The maximum atomic E-state index is 12.9. The fourth-order valence-electron chi connectivity index (χ4n) is 4.38. The topological polar surface area (TPSA) is 86.5 Å². The Hall–Kier alpha value is -1.51. The number of nitrogens with zero attached hydrogens (tertiary/aromatic N) is 4. The highest BCUT2D eigenvalue weighted by molar-refractivity contribution is 5.82. The van der Waals surface area contributed by atoms with Crippen molar-refractivity contribution in [1.29, 1.82) is 0 Å². The van der Waals surface area contributed by atoms with Crippen molar-refractivity contribution >= 4 is 5.91 Å². The van der Waals surface area contributed by atoms with E-state index >= 15 is 0 Å². The standard InChI is InChI=1S/C17H28N6O2/c1-13-20-15(21-25-13)11-22-6-8-23(9-7-22)16(24)14-10-17(12-19-14)2-4-18-5-3-17/h14,18-19H,2-12H2,1H3/t14-/m0/s1. The lowest BCUT2D eigenvalue weighted by Gasteiger charge is -2.36. The number of piperazine rings is 1. The van der Waals surface area contributed by atoms with E-state index in [1.807, 2.05) is 4.90 Å². The zero-order chi connectivity index (χ0) is 17.3. The Kier molecular flexibility index (Phi) is 4.75. The molecule has 1 amide bonds. The van der Waals surface area contributed by atoms with Crippen LogP contribution in [0.25, 0.3) is 0 Å². The summed E-state index contributed by atoms with van der Waals surface area (Å²) in [5.41, 5.74) is 0.337. The summed E-state index contributed by atoms with van der Waals surface area (Å²) in [6.07, 6.45) is 3.36. The van der Waals surface area contributed by atoms with Crippen molar-refractivity contribution < 1.29 is 9.32 Å². The first kappa shape index (κ1) is 16.9. The molecule has 8 nitrogen and oxygen atoms in total. The van der Waals surface area contributed by atoms with E-state index in [0.29, 0.717) is 17.9 Å². The molecule has 2 N–H and O–H groups in total. The van der Waals surface area contributed by atoms with Crippen LogP contribution in [0.2, 0.25) is 0 Å². The lowest BCUT2D eigenvalue weighted by Crippen LogP contribution is -2.52. The van der Waals surface area contributed by atoms with E-state index in [0.717, 1.165) is 58.1 Å². The van der Waals surface area contributed by atoms with Gasteiger partial charge in [0, 0.05) is 39.6 Å². The lowest BCUT2D eigenvalue weighted by molar-refractivity contribution is -0.135. The third kappa shape index (κ3) is 3.70. The molecule has 3 fully saturated rings. The number of piperidine rings is 1. The Morgan fingerprint density at radius 1 is 1.28 bits per heavy atom. The number of aromatic nitrogens is 2. The second-order valence-corrected chi connectivity index (χ2v) is 7.72. The van der Waals surface area contributed by atoms with Crippen LogP contribution in [0, 0.1) is 12.3 Å². The molecule has 0 aromatic carbocycles. The molecule has 1 aromatic rings. The molecule has 0 bridgehead atoms. The highest BCUT2D eigenvalue weighted by Crippen LogP contribution is 2.37. The maximum Gasteiger partial charge on any atom is 0.239 e. The zero-order valence-corrected chi connectivity index (χ0v) is 15.0. The Balaban J connectivity index is 1.27. The molecule has 0 unspecified atom stereocenters. The van der Waals surface area contributed by atoms with E-state index in [2.05, 4.69) is 25.7 Å². The van der Waals surface area contributed by atoms with Gasteiger partial charge in [-0.05, 0) is 37.8 Å². The molecule has 138 valence electrons. The number of rotatable bonds is 3. The van der Waals surface area contributed by atoms with Gasteiger partial charge in [-0.3, -0.25) is 9.69 Å². The van der Waals surface area contributed by atoms with Crippen molar-refractivity contribution in [3.63, 3.8) is 0 Å². The second kappa shape index (κ2) is 7.01. The van der Waals surface area contributed by atoms with Gasteiger partial charge in [0.15, 0.2) is 5.82 Å². The smallest absolute Gasteiger partial charge is 0.239 e. The van der Waals surface area contributed by atoms with Gasteiger partial charge in [-0.25, -0.2) is 0 Å². The molecule has 1 spiro atoms. The molecule has 0 saturated carbocycles. The van der Waals surface area contributed by atoms with Gasteiger partial charge in [-0.15, -0.1) is 0 Å². The molecular weight excluding hydrogens is 320 g/mol. The van der Waals surface area contributed by atoms with Gasteiger partial charge in [0.2, 0.25) is 11.8 Å². The highest BCUT2D eigenvalue weighted by Gasteiger charge is 2.43. The average Bonchev–Trinajstić information content (AvgIpc) is 3.22. The molecule has 8 heteroatoms. The molecular formula is C17H28N6O2. The fraction of sp³-hybridized carbons (Fsp3) is 0.824. The first-order chi connectivity index (χ1) is 12.1. The number of nitrogens with one attached hydrogen (secondary N) is 2. The van der Waals surface area contributed by atoms with Crippen molar-refractivity contribution in [2.75, 3.05) is 45.8 Å². The molecule has 3 aliphatic rings. The zero-order valence-electron chi connectivity index (χ0n) is 15.0. The maximum absolute atomic E-state index is 12.9. The van der Waals surface area contributed by atoms with Crippen molar-refractivity contribution in [3.05, 3.63) is 11.7 Å². The molecule has 1 aromatic heterocycles. The van der Waals surface area contributed by atoms with Crippen LogP contribution >= 0.6 is 0 Å². The van der Waals surface area contributed by atoms with Gasteiger partial charge in [-0.1, -0.05) is 5.16 Å². The summed E-state index contributed by atoms with van der Waals surface area (Å²) in [5, 5.41) is 10.9. The minimum atomic E-state index is 0.00417. The minimum absolute atomic E-state index is 0.00417. The number of aryl methyl sites for hydroxylation is 1. The molecule has 25 heavy (non-hydrogen) atoms. The van der Waals surface area contributed by atoms with Crippen molar-refractivity contribution in [2.24, 2.45) is 5.41 Å². The molecule has 0 aliphatic carbocycles. The first-order valence-corrected chi connectivity index (χ1v) is 9.38. The van der Waals surface area contributed by atoms with Gasteiger partial charge >= 0.3 is 0 Å². The van der Waals surface area contributed by atoms with Gasteiger partial charge in [0.05, 0.1) is 12.6 Å². The largest absolute Gasteiger partial charge is 0.340 e. The molecule has 0 radical (unpaired) electrons. The van der Waals surface area contributed by atoms with Crippen LogP contribution in [-0.2, 0) is 11.3 Å². The summed E-state index contributed by atoms with van der Waals surface area (Å²) in [4.78, 5) is 21.4. The number of amides is 1. The third-order valence-corrected chi connectivity index (χ3v) is 5.94. The first-order valence-electron chi connectivity index (χ1n) is 9.38. The van der Waals surface area contributed by atoms with Crippen LogP contribution in [0.4, 0.5) is 0 Å². The Bertz CT molecular complexity index is 604. The van der Waals surface area contributed by atoms with E-state index in [-0.39, 0.29) is 11.9 Å². The third-order valence-electron chi connectivity index (χ3n) is 5.94. The van der Waals surface area contributed by atoms with Crippen molar-refractivity contribution in [2.45, 2.75) is 38.8 Å². The SMILES string of the molecule is Cc1nc(CN2CCN(C(=O)[C@@H]3CC4(CCNCC4)CN3)CC2)no1. The summed E-state index contributed by atoms with van der Waals surface area (Å²) < 4.78 is 5.02. The molecule has 4 heterocycles. The number of carbonyl (C=O) groups excluding carboxylic acids is 1. The van der Waals surface area contributed by atoms with Gasteiger partial charge in [0.1, 0.15) is 0 Å². The average molecular weight is 348 g/mol. The van der Waals surface area contributed by atoms with E-state index in [9.17, 15) is 4.79 Å². The summed E-state index contributed by atoms with van der Waals surface area (Å²) >= 11 is 0. The van der Waals surface area contributed by atoms with E-state index < -0.39 is 0 Å². The van der Waals surface area contributed by atoms with Crippen LogP contribution < -0.4 is 10.6 Å². The normalized spacial score (nSPS) is 27.1. The lowest BCUT2D eigenvalue weighted by atomic mass is 9.77. The van der Waals surface area contributed by atoms with Crippen LogP contribution in [0.1, 0.15) is 31.0 Å². The second-order valence-electron chi connectivity index (χ2n) is 7.72. The monoisotopic (exact) mass is 348 g/mol. The predicted octanol–water partition coefficient (Wildman–Crippen LogP) is -0.246. The quantitative estimate of drug-likeness (QED) is 0.779. The fourth-order valence-corrected chi connectivity index (χ4v) is 4.38. The van der Waals surface area contributed by atoms with Crippen LogP contribution in [0.5, 0.6) is 0 Å². The molecule has 3 saturated heterocycles. The van der Waals surface area contributed by atoms with Gasteiger partial charge in [0.25, 0.3) is 0 Å². The minimum Gasteiger partial charge on any atom is -0.340 e. The van der Waals surface area contributed by atoms with Crippen molar-refractivity contribution in [1.82, 2.24) is 30.6 Å². The van der Waals surface area contributed by atoms with Crippen molar-refractivity contribution in [3.8, 4) is 0 Å². The van der Waals surface area contributed by atoms with Gasteiger partial charge in [-0.2, -0.15) is 4.98 Å². The number of carbonyl (C=O) groups is 1. The van der Waals surface area contributed by atoms with Gasteiger partial charge < -0.3 is 20.1 Å². The molecule has 3 aliphatic heterocycles. The van der Waals surface area contributed by atoms with E-state index in [1.54, 1.807) is 6.92 Å². The highest BCUT2D eigenvalue weighted by atomic mass is 16.5. The van der Waals surface area contributed by atoms with E-state index in [1.165, 1.54) is 12.8 Å². The number of hydrogen-bond donors (Lipinski definition) is 2. The Morgan fingerprint density at radius 3 is 2.72 bits per heavy atom. The van der Waals surface area contributed by atoms with Crippen LogP contribution in [0.15, 0.2) is 4.52 Å². The Morgan fingerprint density at radius 2 is 2.04 bits per heavy atom.